The largest absolute Gasteiger partial charge is 0.497 e. The highest BCUT2D eigenvalue weighted by atomic mass is 35.5. The Morgan fingerprint density at radius 2 is 0.863 bits per heavy atom. The lowest BCUT2D eigenvalue weighted by atomic mass is 9.90. The molecule has 0 aliphatic carbocycles. The van der Waals surface area contributed by atoms with Crippen molar-refractivity contribution in [2.45, 2.75) is 243 Å². The molecule has 0 bridgehead atoms. The number of pyridine rings is 1. The van der Waals surface area contributed by atoms with Crippen LogP contribution in [0.5, 0.6) is 5.75 Å². The molecule has 41 heteroatoms. The average Bonchev–Trinajstić information content (AvgIpc) is 1.75. The Balaban J connectivity index is 0.000000157. The summed E-state index contributed by atoms with van der Waals surface area (Å²) in [6, 6.07) is 34.4. The van der Waals surface area contributed by atoms with Crippen molar-refractivity contribution in [1.82, 2.24) is 39.9 Å². The van der Waals surface area contributed by atoms with Crippen molar-refractivity contribution in [1.29, 1.82) is 0 Å². The number of alkyl halides is 3. The monoisotopic (exact) mass is 2000 g/mol. The molecule has 6 aliphatic heterocycles. The van der Waals surface area contributed by atoms with Crippen molar-refractivity contribution in [3.63, 3.8) is 0 Å². The predicted octanol–water partition coefficient (Wildman–Crippen LogP) is 17.2. The second-order valence-corrected chi connectivity index (χ2v) is 40.5. The number of ketones is 1. The number of amides is 8. The van der Waals surface area contributed by atoms with Crippen LogP contribution < -0.4 is 45.6 Å². The minimum Gasteiger partial charge on any atom is -0.497 e. The summed E-state index contributed by atoms with van der Waals surface area (Å²) >= 11 is 19.1. The molecule has 0 saturated carbocycles. The number of methoxy groups -OCH3 is 2. The number of aliphatic hydroxyl groups is 1. The van der Waals surface area contributed by atoms with E-state index in [2.05, 4.69) is 81.9 Å². The topological polar surface area (TPSA) is 418 Å². The molecule has 10 aromatic rings. The van der Waals surface area contributed by atoms with Crippen LogP contribution in [0.2, 0.25) is 15.1 Å². The zero-order valence-corrected chi connectivity index (χ0v) is 82.9. The van der Waals surface area contributed by atoms with E-state index in [9.17, 15) is 61.4 Å². The van der Waals surface area contributed by atoms with E-state index in [-0.39, 0.29) is 112 Å². The van der Waals surface area contributed by atoms with Crippen LogP contribution in [0.3, 0.4) is 0 Å². The van der Waals surface area contributed by atoms with E-state index < -0.39 is 52.8 Å². The van der Waals surface area contributed by atoms with Crippen molar-refractivity contribution in [2.75, 3.05) is 94.7 Å². The quantitative estimate of drug-likeness (QED) is 0.0319. The number of rotatable bonds is 27. The minimum atomic E-state index is -4.58. The highest BCUT2D eigenvalue weighted by molar-refractivity contribution is 7.05. The molecule has 5 N–H and O–H groups in total. The third kappa shape index (κ3) is 27.6. The molecule has 4 aromatic carbocycles. The number of nitrogens with one attached hydrogen (secondary N) is 4. The number of hydrogen-bond donors (Lipinski definition) is 5. The average molecular weight is 2000 g/mol. The molecular formula is C98H116Cl3F3N16O18S. The minimum absolute atomic E-state index is 0.0563. The maximum Gasteiger partial charge on any atom is 0.433 e. The van der Waals surface area contributed by atoms with Crippen molar-refractivity contribution in [3.8, 4) is 5.75 Å². The summed E-state index contributed by atoms with van der Waals surface area (Å²) in [5, 5.41) is 38.6. The number of anilines is 8. The van der Waals surface area contributed by atoms with Crippen LogP contribution in [0.4, 0.5) is 59.5 Å². The van der Waals surface area contributed by atoms with Crippen LogP contribution in [0, 0.1) is 0 Å². The number of aliphatic hydroxyl groups excluding tert-OH is 1. The van der Waals surface area contributed by atoms with Crippen molar-refractivity contribution in [3.05, 3.63) is 200 Å². The molecule has 12 heterocycles. The van der Waals surface area contributed by atoms with Gasteiger partial charge in [0, 0.05) is 136 Å². The Morgan fingerprint density at radius 1 is 0.475 bits per heavy atom. The molecule has 139 heavy (non-hydrogen) atoms. The van der Waals surface area contributed by atoms with E-state index in [1.54, 1.807) is 111 Å². The van der Waals surface area contributed by atoms with E-state index in [1.807, 2.05) is 86.6 Å². The molecule has 0 spiro atoms. The summed E-state index contributed by atoms with van der Waals surface area (Å²) < 4.78 is 85.1. The molecule has 6 saturated heterocycles. The van der Waals surface area contributed by atoms with Gasteiger partial charge >= 0.3 is 6.18 Å². The van der Waals surface area contributed by atoms with Crippen LogP contribution in [0.1, 0.15) is 205 Å². The molecule has 1 unspecified atom stereocenters. The van der Waals surface area contributed by atoms with E-state index in [0.29, 0.717) is 131 Å². The zero-order valence-electron chi connectivity index (χ0n) is 79.8. The fourth-order valence-corrected chi connectivity index (χ4v) is 17.4. The molecule has 16 rings (SSSR count). The summed E-state index contributed by atoms with van der Waals surface area (Å²) in [5.74, 6) is 0.537. The highest BCUT2D eigenvalue weighted by Crippen LogP contribution is 2.39. The first-order chi connectivity index (χ1) is 65.8. The lowest BCUT2D eigenvalue weighted by molar-refractivity contribution is -0.141. The molecule has 8 amide bonds. The SMILES string of the molecule is CC(C)(C)c1cc(NC(=O)C2CCC(=O)N2c2ccc(C(F)(F)F)nc2)on1.CC(C)(C)c1nsc(CC(=O)[C@@H]2CCCN2C2CCOCC2)n1.CC(C)(CO)c1cc(NC(=O)[C@@H]2CCC(=O)N2c2ccc(Cl)cc2)on1.COCC(C)(C)c1cc(NC(=O)[C@@H]2CCC(=O)N2c2ccc(Cl)cc2)on1.COc1ccc(COCC(C)(C)c2cc(NC(=O)[C@@H]3CCC(=O)N3c3ccc(Cl)cc3)on2)cc1. The van der Waals surface area contributed by atoms with E-state index >= 15 is 0 Å². The number of hydrogen-bond acceptors (Lipinski definition) is 27. The summed E-state index contributed by atoms with van der Waals surface area (Å²) in [4.78, 5) is 129. The Hall–Kier alpha value is -11.9. The van der Waals surface area contributed by atoms with Crippen molar-refractivity contribution >= 4 is 146 Å². The first-order valence-electron chi connectivity index (χ1n) is 45.5. The van der Waals surface area contributed by atoms with Gasteiger partial charge in [-0.3, -0.25) is 88.9 Å². The number of ether oxygens (including phenoxy) is 4. The number of nitrogens with zero attached hydrogens (tertiary/aromatic N) is 12. The zero-order chi connectivity index (χ0) is 101. The molecule has 34 nitrogen and oxygen atoms in total. The molecular weight excluding hydrogens is 1880 g/mol. The third-order valence-electron chi connectivity index (χ3n) is 24.1. The Labute approximate surface area is 821 Å². The normalized spacial score (nSPS) is 18.3. The maximum absolute atomic E-state index is 13.0. The van der Waals surface area contributed by atoms with Gasteiger partial charge < -0.3 is 42.1 Å². The number of aromatic nitrogens is 7. The van der Waals surface area contributed by atoms with Gasteiger partial charge in [-0.25, -0.2) is 9.97 Å². The second kappa shape index (κ2) is 46.0. The number of carbonyl (C=O) groups excluding carboxylic acids is 9. The van der Waals surface area contributed by atoms with Gasteiger partial charge in [-0.15, -0.1) is 0 Å². The molecule has 6 aromatic heterocycles. The molecule has 5 atom stereocenters. The summed E-state index contributed by atoms with van der Waals surface area (Å²) in [7, 11) is 3.25. The smallest absolute Gasteiger partial charge is 0.433 e. The van der Waals surface area contributed by atoms with Gasteiger partial charge in [-0.2, -0.15) is 17.5 Å². The fraction of sp³-hybridized carbons (Fsp3) is 0.469. The lowest BCUT2D eigenvalue weighted by Gasteiger charge is -2.34. The van der Waals surface area contributed by atoms with E-state index in [1.165, 1.54) is 26.2 Å². The van der Waals surface area contributed by atoms with Crippen molar-refractivity contribution < 1.29 is 98.5 Å². The number of benzene rings is 4. The summed E-state index contributed by atoms with van der Waals surface area (Å²) in [6.07, 6.45) is 3.49. The molecule has 6 aliphatic rings. The van der Waals surface area contributed by atoms with Gasteiger partial charge in [0.05, 0.1) is 80.7 Å². The standard InChI is InChI=1S/C26H28ClN3O5.C19H22ClN3O4.C18H20ClN3O4.C18H19F3N4O3.C17H27N3O2S/c1-26(2,16-34-15-17-4-10-20(33-3)11-5-17)22-14-23(35-29-22)28-25(32)21-12-13-24(31)30(21)19-8-6-18(27)7-9-19;1-19(2,11-26-3)15-10-16(27-22-15)21-18(25)14-8-9-17(24)23(14)13-6-4-12(20)5-7-13;1-18(2,10-23)14-9-15(26-21-14)20-17(25)13-7-8-16(24)22(13)12-5-3-11(19)4-6-12;1-17(2,3)13-8-14(28-24-13)23-16(27)11-5-7-15(26)25(11)10-4-6-12(22-9-10)18(19,20)21;1-17(2,3)16-18-15(23-19-16)11-14(21)13-5-4-8-20(13)12-6-9-22-10-7-12/h4-11,14,21H,12-13,15-16H2,1-3H3,(H,28,32);4-7,10,14H,8-9,11H2,1-3H3,(H,21,25);3-6,9,13,23H,7-8,10H2,1-2H3,(H,20,25);4,6,8-9,11H,5,7H2,1-3H3,(H,23,27);12-13H,4-11H2,1-3H3/t21-;14-;13-;;13-/m000.0/s1. The van der Waals surface area contributed by atoms with Gasteiger partial charge in [0.1, 0.15) is 46.4 Å². The Kier molecular flexibility index (Phi) is 35.1. The molecule has 744 valence electrons. The highest BCUT2D eigenvalue weighted by Gasteiger charge is 2.45. The third-order valence-corrected chi connectivity index (χ3v) is 25.6. The lowest BCUT2D eigenvalue weighted by Crippen LogP contribution is -2.46. The van der Waals surface area contributed by atoms with Gasteiger partial charge in [0.25, 0.3) is 0 Å². The van der Waals surface area contributed by atoms with Crippen LogP contribution in [-0.2, 0) is 104 Å². The van der Waals surface area contributed by atoms with E-state index in [0.717, 1.165) is 90.8 Å². The van der Waals surface area contributed by atoms with Crippen LogP contribution in [0.25, 0.3) is 0 Å². The van der Waals surface area contributed by atoms with Gasteiger partial charge in [-0.1, -0.05) is 151 Å². The van der Waals surface area contributed by atoms with E-state index in [4.69, 9.17) is 71.8 Å². The summed E-state index contributed by atoms with van der Waals surface area (Å²) in [6.45, 7) is 27.6. The number of Topliss-reactive ketones (excluding diaryl/α,β-unsaturated/α-hetero) is 1. The van der Waals surface area contributed by atoms with Crippen LogP contribution in [-0.4, -0.2) is 188 Å². The molecule has 0 radical (unpaired) electrons. The maximum atomic E-state index is 13.0. The summed E-state index contributed by atoms with van der Waals surface area (Å²) in [5.41, 5.74) is 2.80. The van der Waals surface area contributed by atoms with Gasteiger partial charge in [-0.05, 0) is 172 Å². The number of likely N-dealkylation sites (tertiary alicyclic amines) is 1. The predicted molar refractivity (Wildman–Crippen MR) is 516 cm³/mol. The van der Waals surface area contributed by atoms with Crippen molar-refractivity contribution in [2.24, 2.45) is 0 Å². The first kappa shape index (κ1) is 106. The van der Waals surface area contributed by atoms with Gasteiger partial charge in [0.2, 0.25) is 70.8 Å². The molecule has 6 fully saturated rings. The Morgan fingerprint density at radius 3 is 1.22 bits per heavy atom. The van der Waals surface area contributed by atoms with Crippen LogP contribution in [0.15, 0.2) is 158 Å². The first-order valence-corrected chi connectivity index (χ1v) is 47.4. The van der Waals surface area contributed by atoms with Gasteiger partial charge in [0.15, 0.2) is 5.78 Å². The fourth-order valence-electron chi connectivity index (χ4n) is 16.2. The van der Waals surface area contributed by atoms with Crippen LogP contribution >= 0.6 is 46.3 Å². The Bertz CT molecular complexity index is 5900. The second-order valence-electron chi connectivity index (χ2n) is 38.3. The number of carbonyl (C=O) groups is 9. The number of halogens is 6.